The highest BCUT2D eigenvalue weighted by atomic mass is 16.5. The van der Waals surface area contributed by atoms with Gasteiger partial charge in [-0.3, -0.25) is 4.99 Å². The normalized spacial score (nSPS) is 20.4. The summed E-state index contributed by atoms with van der Waals surface area (Å²) in [6.07, 6.45) is 2.56. The third-order valence-electron chi connectivity index (χ3n) is 4.74. The topological polar surface area (TPSA) is 89.1 Å². The van der Waals surface area contributed by atoms with Crippen LogP contribution in [0.4, 0.5) is 5.69 Å². The highest BCUT2D eigenvalue weighted by Crippen LogP contribution is 2.50. The predicted octanol–water partition coefficient (Wildman–Crippen LogP) is 2.37. The van der Waals surface area contributed by atoms with Gasteiger partial charge in [-0.05, 0) is 30.9 Å². The number of aliphatic imine (C=N–C) groups is 1. The first-order valence-corrected chi connectivity index (χ1v) is 8.65. The van der Waals surface area contributed by atoms with Gasteiger partial charge in [0.15, 0.2) is 17.5 Å². The smallest absolute Gasteiger partial charge is 0.193 e. The molecule has 0 spiro atoms. The lowest BCUT2D eigenvalue weighted by atomic mass is 9.90. The Bertz CT molecular complexity index is 612. The molecule has 3 rings (SSSR count). The summed E-state index contributed by atoms with van der Waals surface area (Å²) < 4.78 is 11.3. The van der Waals surface area contributed by atoms with Crippen molar-refractivity contribution in [3.05, 3.63) is 18.2 Å². The van der Waals surface area contributed by atoms with Crippen LogP contribution in [-0.2, 0) is 0 Å². The van der Waals surface area contributed by atoms with Gasteiger partial charge in [0.05, 0.1) is 25.9 Å². The van der Waals surface area contributed by atoms with Gasteiger partial charge < -0.3 is 25.6 Å². The number of aliphatic hydroxyl groups is 1. The number of rotatable bonds is 5. The summed E-state index contributed by atoms with van der Waals surface area (Å²) >= 11 is 0. The van der Waals surface area contributed by atoms with Gasteiger partial charge in [-0.25, -0.2) is 0 Å². The molecule has 132 valence electrons. The van der Waals surface area contributed by atoms with Gasteiger partial charge in [0.25, 0.3) is 0 Å². The van der Waals surface area contributed by atoms with E-state index in [2.05, 4.69) is 10.3 Å². The number of nitrogens with zero attached hydrogens (tertiary/aromatic N) is 1. The Kier molecular flexibility index (Phi) is 4.85. The second kappa shape index (κ2) is 6.89. The molecule has 1 unspecified atom stereocenters. The minimum absolute atomic E-state index is 0.0921. The Hall–Kier alpha value is -1.95. The van der Waals surface area contributed by atoms with Crippen molar-refractivity contribution in [3.63, 3.8) is 0 Å². The monoisotopic (exact) mass is 333 g/mol. The van der Waals surface area contributed by atoms with Crippen LogP contribution in [0, 0.1) is 11.3 Å². The number of guanidine groups is 1. The minimum Gasteiger partial charge on any atom is -0.490 e. The highest BCUT2D eigenvalue weighted by molar-refractivity contribution is 5.92. The van der Waals surface area contributed by atoms with Crippen molar-refractivity contribution in [3.8, 4) is 11.5 Å². The number of ether oxygens (including phenoxy) is 2. The molecule has 2 aliphatic rings. The molecule has 1 saturated carbocycles. The molecule has 1 fully saturated rings. The third-order valence-corrected chi connectivity index (χ3v) is 4.74. The molecule has 0 aromatic heterocycles. The molecule has 4 N–H and O–H groups in total. The number of hydrogen-bond donors (Lipinski definition) is 3. The van der Waals surface area contributed by atoms with Crippen molar-refractivity contribution in [1.82, 2.24) is 0 Å². The molecule has 6 heteroatoms. The van der Waals surface area contributed by atoms with E-state index in [1.54, 1.807) is 0 Å². The Labute approximate surface area is 143 Å². The zero-order valence-electron chi connectivity index (χ0n) is 14.4. The van der Waals surface area contributed by atoms with Crippen LogP contribution in [0.1, 0.15) is 33.1 Å². The molecule has 1 aliphatic heterocycles. The average molecular weight is 333 g/mol. The maximum atomic E-state index is 10.3. The maximum Gasteiger partial charge on any atom is 0.193 e. The van der Waals surface area contributed by atoms with Crippen LogP contribution in [0.5, 0.6) is 11.5 Å². The summed E-state index contributed by atoms with van der Waals surface area (Å²) in [4.78, 5) is 4.44. The minimum atomic E-state index is -0.327. The van der Waals surface area contributed by atoms with Crippen LogP contribution in [0.15, 0.2) is 23.2 Å². The molecule has 1 aromatic rings. The van der Waals surface area contributed by atoms with E-state index in [4.69, 9.17) is 15.2 Å². The molecule has 0 saturated heterocycles. The standard InChI is InChI=1S/C18H27N3O3/c1-12(2)16(22)18(6-7-18)11-20-17(19)21-13-4-5-14-15(10-13)24-9-3-8-23-14/h4-5,10,12,16,22H,3,6-9,11H2,1-2H3,(H3,19,20,21). The maximum absolute atomic E-state index is 10.3. The molecular weight excluding hydrogens is 306 g/mol. The Morgan fingerprint density at radius 2 is 2.00 bits per heavy atom. The van der Waals surface area contributed by atoms with Gasteiger partial charge in [-0.1, -0.05) is 13.8 Å². The van der Waals surface area contributed by atoms with E-state index < -0.39 is 0 Å². The first-order valence-electron chi connectivity index (χ1n) is 8.65. The zero-order chi connectivity index (χ0) is 17.2. The van der Waals surface area contributed by atoms with Gasteiger partial charge in [0.2, 0.25) is 0 Å². The summed E-state index contributed by atoms with van der Waals surface area (Å²) in [6.45, 7) is 5.94. The van der Waals surface area contributed by atoms with Crippen molar-refractivity contribution in [2.24, 2.45) is 22.1 Å². The summed E-state index contributed by atoms with van der Waals surface area (Å²) in [5.41, 5.74) is 6.73. The molecule has 0 radical (unpaired) electrons. The first kappa shape index (κ1) is 16.9. The van der Waals surface area contributed by atoms with Crippen LogP contribution in [0.25, 0.3) is 0 Å². The molecule has 1 heterocycles. The lowest BCUT2D eigenvalue weighted by molar-refractivity contribution is 0.0549. The fourth-order valence-corrected chi connectivity index (χ4v) is 3.09. The van der Waals surface area contributed by atoms with Crippen LogP contribution < -0.4 is 20.5 Å². The lowest BCUT2D eigenvalue weighted by Crippen LogP contribution is -2.31. The predicted molar refractivity (Wildman–Crippen MR) is 94.7 cm³/mol. The number of fused-ring (bicyclic) bond motifs is 1. The molecule has 6 nitrogen and oxygen atoms in total. The van der Waals surface area contributed by atoms with Crippen LogP contribution in [-0.4, -0.2) is 36.9 Å². The van der Waals surface area contributed by atoms with Crippen molar-refractivity contribution in [1.29, 1.82) is 0 Å². The van der Waals surface area contributed by atoms with E-state index >= 15 is 0 Å². The van der Waals surface area contributed by atoms with E-state index in [1.165, 1.54) is 0 Å². The summed E-state index contributed by atoms with van der Waals surface area (Å²) in [6, 6.07) is 5.64. The Morgan fingerprint density at radius 3 is 2.67 bits per heavy atom. The number of nitrogens with one attached hydrogen (secondary N) is 1. The van der Waals surface area contributed by atoms with Crippen LogP contribution >= 0.6 is 0 Å². The molecule has 1 aliphatic carbocycles. The summed E-state index contributed by atoms with van der Waals surface area (Å²) in [7, 11) is 0. The Balaban J connectivity index is 1.62. The quantitative estimate of drug-likeness (QED) is 0.569. The van der Waals surface area contributed by atoms with Gasteiger partial charge >= 0.3 is 0 Å². The molecule has 0 bridgehead atoms. The van der Waals surface area contributed by atoms with Crippen LogP contribution in [0.3, 0.4) is 0 Å². The van der Waals surface area contributed by atoms with Gasteiger partial charge in [-0.15, -0.1) is 0 Å². The van der Waals surface area contributed by atoms with E-state index in [0.29, 0.717) is 25.7 Å². The number of benzene rings is 1. The fourth-order valence-electron chi connectivity index (χ4n) is 3.09. The van der Waals surface area contributed by atoms with Crippen molar-refractivity contribution < 1.29 is 14.6 Å². The van der Waals surface area contributed by atoms with Crippen molar-refractivity contribution >= 4 is 11.6 Å². The third kappa shape index (κ3) is 3.75. The molecule has 0 amide bonds. The number of nitrogens with two attached hydrogens (primary N) is 1. The van der Waals surface area contributed by atoms with Gasteiger partial charge in [-0.2, -0.15) is 0 Å². The SMILES string of the molecule is CC(C)C(O)C1(CN=C(N)Nc2ccc3c(c2)OCCCO3)CC1. The Morgan fingerprint density at radius 1 is 1.29 bits per heavy atom. The molecular formula is C18H27N3O3. The van der Waals surface area contributed by atoms with Gasteiger partial charge in [0.1, 0.15) is 0 Å². The molecule has 1 atom stereocenters. The van der Waals surface area contributed by atoms with E-state index in [1.807, 2.05) is 32.0 Å². The van der Waals surface area contributed by atoms with E-state index in [-0.39, 0.29) is 17.4 Å². The van der Waals surface area contributed by atoms with Gasteiger partial charge in [0, 0.05) is 23.6 Å². The molecule has 1 aromatic carbocycles. The van der Waals surface area contributed by atoms with Crippen molar-refractivity contribution in [2.45, 2.75) is 39.2 Å². The highest BCUT2D eigenvalue weighted by Gasteiger charge is 2.49. The zero-order valence-corrected chi connectivity index (χ0v) is 14.4. The average Bonchev–Trinajstić information content (AvgIpc) is 3.36. The van der Waals surface area contributed by atoms with E-state index in [0.717, 1.165) is 36.4 Å². The lowest BCUT2D eigenvalue weighted by Gasteiger charge is -2.24. The number of hydrogen-bond acceptors (Lipinski definition) is 4. The fraction of sp³-hybridized carbons (Fsp3) is 0.611. The molecule has 24 heavy (non-hydrogen) atoms. The van der Waals surface area contributed by atoms with Crippen LogP contribution in [0.2, 0.25) is 0 Å². The summed E-state index contributed by atoms with van der Waals surface area (Å²) in [5, 5.41) is 13.4. The first-order chi connectivity index (χ1) is 11.5. The van der Waals surface area contributed by atoms with Crippen molar-refractivity contribution in [2.75, 3.05) is 25.1 Å². The number of anilines is 1. The second-order valence-corrected chi connectivity index (χ2v) is 7.09. The second-order valence-electron chi connectivity index (χ2n) is 7.09. The summed E-state index contributed by atoms with van der Waals surface area (Å²) in [5.74, 6) is 2.06. The largest absolute Gasteiger partial charge is 0.490 e. The van der Waals surface area contributed by atoms with E-state index in [9.17, 15) is 5.11 Å². The number of aliphatic hydroxyl groups excluding tert-OH is 1.